The minimum atomic E-state index is -4.41. The summed E-state index contributed by atoms with van der Waals surface area (Å²) >= 11 is 0. The molecule has 4 rings (SSSR count). The van der Waals surface area contributed by atoms with Crippen LogP contribution in [-0.2, 0) is 19.1 Å². The van der Waals surface area contributed by atoms with Gasteiger partial charge < -0.3 is 9.88 Å². The van der Waals surface area contributed by atoms with Gasteiger partial charge in [0.2, 0.25) is 0 Å². The molecular weight excluding hydrogens is 339 g/mol. The van der Waals surface area contributed by atoms with Crippen LogP contribution in [0.1, 0.15) is 22.5 Å². The van der Waals surface area contributed by atoms with Gasteiger partial charge in [0.1, 0.15) is 5.69 Å². The number of anilines is 1. The topological polar surface area (TPSA) is 31.9 Å². The van der Waals surface area contributed by atoms with Gasteiger partial charge in [-0.1, -0.05) is 30.3 Å². The number of benzene rings is 1. The average Bonchev–Trinajstić information content (AvgIpc) is 3.05. The SMILES string of the molecule is Cc1cc(C(F)(F)F)ncc1N1CCc2[nH]c(-c3ccccc3)cc2C1. The molecule has 0 saturated carbocycles. The zero-order chi connectivity index (χ0) is 18.3. The zero-order valence-electron chi connectivity index (χ0n) is 14.3. The zero-order valence-corrected chi connectivity index (χ0v) is 14.3. The van der Waals surface area contributed by atoms with Gasteiger partial charge in [-0.15, -0.1) is 0 Å². The number of pyridine rings is 1. The Labute approximate surface area is 149 Å². The molecule has 1 aliphatic heterocycles. The Balaban J connectivity index is 1.60. The summed E-state index contributed by atoms with van der Waals surface area (Å²) in [5, 5.41) is 0. The normalized spacial score (nSPS) is 14.4. The predicted molar refractivity (Wildman–Crippen MR) is 95.0 cm³/mol. The summed E-state index contributed by atoms with van der Waals surface area (Å²) in [4.78, 5) is 9.19. The third-order valence-corrected chi connectivity index (χ3v) is 4.78. The lowest BCUT2D eigenvalue weighted by molar-refractivity contribution is -0.141. The van der Waals surface area contributed by atoms with Crippen LogP contribution >= 0.6 is 0 Å². The van der Waals surface area contributed by atoms with Crippen LogP contribution in [0, 0.1) is 6.92 Å². The molecule has 0 bridgehead atoms. The number of halogens is 3. The number of nitrogens with zero attached hydrogens (tertiary/aromatic N) is 2. The summed E-state index contributed by atoms with van der Waals surface area (Å²) in [5.74, 6) is 0. The number of hydrogen-bond acceptors (Lipinski definition) is 2. The van der Waals surface area contributed by atoms with E-state index in [2.05, 4.69) is 33.1 Å². The third-order valence-electron chi connectivity index (χ3n) is 4.78. The smallest absolute Gasteiger partial charge is 0.365 e. The molecule has 0 saturated heterocycles. The molecule has 134 valence electrons. The summed E-state index contributed by atoms with van der Waals surface area (Å²) in [5.41, 5.74) is 5.07. The van der Waals surface area contributed by atoms with Crippen molar-refractivity contribution in [3.8, 4) is 11.3 Å². The highest BCUT2D eigenvalue weighted by Gasteiger charge is 2.33. The molecule has 0 radical (unpaired) electrons. The van der Waals surface area contributed by atoms with Crippen molar-refractivity contribution in [3.05, 3.63) is 71.2 Å². The van der Waals surface area contributed by atoms with Crippen LogP contribution in [0.5, 0.6) is 0 Å². The predicted octanol–water partition coefficient (Wildman–Crippen LogP) is 4.97. The minimum absolute atomic E-state index is 0.592. The van der Waals surface area contributed by atoms with Crippen LogP contribution in [-0.4, -0.2) is 16.5 Å². The van der Waals surface area contributed by atoms with E-state index in [0.29, 0.717) is 12.1 Å². The fourth-order valence-corrected chi connectivity index (χ4v) is 3.45. The third kappa shape index (κ3) is 3.07. The highest BCUT2D eigenvalue weighted by atomic mass is 19.4. The van der Waals surface area contributed by atoms with Crippen LogP contribution < -0.4 is 4.90 Å². The lowest BCUT2D eigenvalue weighted by Crippen LogP contribution is -2.30. The molecule has 3 heterocycles. The highest BCUT2D eigenvalue weighted by Crippen LogP contribution is 2.33. The van der Waals surface area contributed by atoms with Gasteiger partial charge in [-0.3, -0.25) is 0 Å². The van der Waals surface area contributed by atoms with Gasteiger partial charge in [-0.05, 0) is 35.7 Å². The number of rotatable bonds is 2. The molecule has 1 N–H and O–H groups in total. The fourth-order valence-electron chi connectivity index (χ4n) is 3.45. The van der Waals surface area contributed by atoms with Gasteiger partial charge in [0, 0.05) is 30.9 Å². The first-order valence-electron chi connectivity index (χ1n) is 8.47. The van der Waals surface area contributed by atoms with Crippen LogP contribution in [0.15, 0.2) is 48.7 Å². The number of aromatic amines is 1. The molecule has 3 aromatic rings. The van der Waals surface area contributed by atoms with Gasteiger partial charge in [0.05, 0.1) is 11.9 Å². The second kappa shape index (κ2) is 6.20. The first kappa shape index (κ1) is 16.7. The second-order valence-electron chi connectivity index (χ2n) is 6.58. The summed E-state index contributed by atoms with van der Waals surface area (Å²) in [6.45, 7) is 3.11. The van der Waals surface area contributed by atoms with Crippen LogP contribution in [0.25, 0.3) is 11.3 Å². The summed E-state index contributed by atoms with van der Waals surface area (Å²) in [7, 11) is 0. The summed E-state index contributed by atoms with van der Waals surface area (Å²) in [6, 6.07) is 13.3. The molecule has 1 aromatic carbocycles. The van der Waals surface area contributed by atoms with Gasteiger partial charge in [-0.25, -0.2) is 4.98 Å². The van der Waals surface area contributed by atoms with Crippen molar-refractivity contribution < 1.29 is 13.2 Å². The Morgan fingerprint density at radius 2 is 1.88 bits per heavy atom. The average molecular weight is 357 g/mol. The molecule has 0 atom stereocenters. The molecule has 0 spiro atoms. The van der Waals surface area contributed by atoms with Crippen molar-refractivity contribution in [2.45, 2.75) is 26.1 Å². The Kier molecular flexibility index (Phi) is 3.98. The maximum atomic E-state index is 12.8. The Morgan fingerprint density at radius 3 is 2.58 bits per heavy atom. The largest absolute Gasteiger partial charge is 0.433 e. The Hall–Kier alpha value is -2.76. The molecule has 3 nitrogen and oxygen atoms in total. The van der Waals surface area contributed by atoms with Crippen molar-refractivity contribution in [1.29, 1.82) is 0 Å². The highest BCUT2D eigenvalue weighted by molar-refractivity contribution is 5.63. The van der Waals surface area contributed by atoms with E-state index in [4.69, 9.17) is 0 Å². The summed E-state index contributed by atoms with van der Waals surface area (Å²) < 4.78 is 38.5. The molecule has 2 aromatic heterocycles. The van der Waals surface area contributed by atoms with E-state index < -0.39 is 11.9 Å². The van der Waals surface area contributed by atoms with Gasteiger partial charge in [0.25, 0.3) is 0 Å². The number of H-pyrrole nitrogens is 1. The monoisotopic (exact) mass is 357 g/mol. The van der Waals surface area contributed by atoms with Gasteiger partial charge in [-0.2, -0.15) is 13.2 Å². The number of nitrogens with one attached hydrogen (secondary N) is 1. The quantitative estimate of drug-likeness (QED) is 0.702. The van der Waals surface area contributed by atoms with E-state index in [1.807, 2.05) is 18.2 Å². The number of aromatic nitrogens is 2. The number of fused-ring (bicyclic) bond motifs is 1. The van der Waals surface area contributed by atoms with E-state index in [-0.39, 0.29) is 0 Å². The Bertz CT molecular complexity index is 929. The first-order chi connectivity index (χ1) is 12.4. The van der Waals surface area contributed by atoms with Crippen molar-refractivity contribution in [2.24, 2.45) is 0 Å². The van der Waals surface area contributed by atoms with E-state index in [9.17, 15) is 13.2 Å². The van der Waals surface area contributed by atoms with Crippen molar-refractivity contribution >= 4 is 5.69 Å². The lowest BCUT2D eigenvalue weighted by Gasteiger charge is -2.30. The van der Waals surface area contributed by atoms with E-state index in [1.54, 1.807) is 6.92 Å². The molecule has 0 amide bonds. The maximum Gasteiger partial charge on any atom is 0.433 e. The van der Waals surface area contributed by atoms with Gasteiger partial charge >= 0.3 is 6.18 Å². The number of alkyl halides is 3. The van der Waals surface area contributed by atoms with E-state index >= 15 is 0 Å². The minimum Gasteiger partial charge on any atom is -0.365 e. The maximum absolute atomic E-state index is 12.8. The van der Waals surface area contributed by atoms with Crippen LogP contribution in [0.2, 0.25) is 0 Å². The van der Waals surface area contributed by atoms with Crippen LogP contribution in [0.3, 0.4) is 0 Å². The molecular formula is C20H18F3N3. The molecule has 0 unspecified atom stereocenters. The molecule has 26 heavy (non-hydrogen) atoms. The lowest BCUT2D eigenvalue weighted by atomic mass is 10.1. The molecule has 6 heteroatoms. The number of aryl methyl sites for hydroxylation is 1. The molecule has 0 fully saturated rings. The standard InChI is InChI=1S/C20H18F3N3/c1-13-9-19(20(21,22)23)24-11-18(13)26-8-7-16-15(12-26)10-17(25-16)14-5-3-2-4-6-14/h2-6,9-11,25H,7-8,12H2,1H3. The van der Waals surface area contributed by atoms with Gasteiger partial charge in [0.15, 0.2) is 0 Å². The fraction of sp³-hybridized carbons (Fsp3) is 0.250. The first-order valence-corrected chi connectivity index (χ1v) is 8.47. The van der Waals surface area contributed by atoms with Crippen LogP contribution in [0.4, 0.5) is 18.9 Å². The molecule has 0 aliphatic carbocycles. The Morgan fingerprint density at radius 1 is 1.12 bits per heavy atom. The van der Waals surface area contributed by atoms with Crippen molar-refractivity contribution in [2.75, 3.05) is 11.4 Å². The van der Waals surface area contributed by atoms with E-state index in [0.717, 1.165) is 36.0 Å². The number of hydrogen-bond donors (Lipinski definition) is 1. The second-order valence-corrected chi connectivity index (χ2v) is 6.58. The van der Waals surface area contributed by atoms with Crippen molar-refractivity contribution in [1.82, 2.24) is 9.97 Å². The summed E-state index contributed by atoms with van der Waals surface area (Å²) in [6.07, 6.45) is -2.25. The van der Waals surface area contributed by atoms with Crippen molar-refractivity contribution in [3.63, 3.8) is 0 Å². The van der Waals surface area contributed by atoms with E-state index in [1.165, 1.54) is 17.5 Å². The molecule has 1 aliphatic rings.